The van der Waals surface area contributed by atoms with Gasteiger partial charge in [-0.2, -0.15) is 5.10 Å². The van der Waals surface area contributed by atoms with Gasteiger partial charge in [-0.25, -0.2) is 5.43 Å². The Morgan fingerprint density at radius 1 is 1.20 bits per heavy atom. The lowest BCUT2D eigenvalue weighted by Crippen LogP contribution is -2.62. The molecule has 4 saturated carbocycles. The Morgan fingerprint density at radius 3 is 2.68 bits per heavy atom. The van der Waals surface area contributed by atoms with Crippen molar-refractivity contribution >= 4 is 29.4 Å². The summed E-state index contributed by atoms with van der Waals surface area (Å²) in [7, 11) is 0. The van der Waals surface area contributed by atoms with Crippen LogP contribution >= 0.6 is 11.6 Å². The Balaban J connectivity index is 1.21. The van der Waals surface area contributed by atoms with Gasteiger partial charge < -0.3 is 15.3 Å². The third-order valence-electron chi connectivity index (χ3n) is 11.9. The zero-order chi connectivity index (χ0) is 29.7. The number of benzene rings is 1. The van der Waals surface area contributed by atoms with Crippen LogP contribution in [0.4, 0.5) is 5.69 Å². The normalized spacial score (nSPS) is 40.9. The number of fused-ring (bicyclic) bond motifs is 5. The van der Waals surface area contributed by atoms with Crippen LogP contribution in [0, 0.1) is 56.5 Å². The third-order valence-corrected chi connectivity index (χ3v) is 12.2. The summed E-state index contributed by atoms with van der Waals surface area (Å²) in [6, 6.07) is 4.32. The summed E-state index contributed by atoms with van der Waals surface area (Å²) in [5.41, 5.74) is 2.49. The second-order valence-corrected chi connectivity index (χ2v) is 14.2. The van der Waals surface area contributed by atoms with E-state index < -0.39 is 17.1 Å². The molecule has 4 aliphatic rings. The van der Waals surface area contributed by atoms with Gasteiger partial charge in [-0.05, 0) is 104 Å². The van der Waals surface area contributed by atoms with E-state index in [2.05, 4.69) is 31.3 Å². The van der Waals surface area contributed by atoms with Crippen LogP contribution < -0.4 is 5.43 Å². The highest BCUT2D eigenvalue weighted by Crippen LogP contribution is 2.68. The predicted molar refractivity (Wildman–Crippen MR) is 156 cm³/mol. The molecule has 4 aliphatic carbocycles. The Morgan fingerprint density at radius 2 is 1.95 bits per heavy atom. The first-order chi connectivity index (χ1) is 19.4. The maximum absolute atomic E-state index is 12.6. The standard InChI is InChI=1S/C31H44ClN3O6/c1-17(4-9-28(39)34-33-16-18-5-8-24(32)25(12-18)35(40)41)21-6-7-22-29-23(15-27(38)31(21,22)3)30(2)11-10-20(36)13-19(30)14-26(29)37/h5,8,12,16-17,19-23,26-27,29,36-38H,4,6-7,9-11,13-15H2,1-3H3,(H,34,39)/b33-16+/t17-,19+,20-,21-,22+,23+,26-,27+,29+,30+,31-/m1/s1. The Hall–Kier alpha value is -2.07. The van der Waals surface area contributed by atoms with E-state index in [1.165, 1.54) is 18.3 Å². The number of nitro groups is 1. The number of carbonyl (C=O) groups excluding carboxylic acids is 1. The molecule has 5 rings (SSSR count). The van der Waals surface area contributed by atoms with Crippen LogP contribution in [0.5, 0.6) is 0 Å². The Bertz CT molecular complexity index is 1200. The molecule has 0 radical (unpaired) electrons. The van der Waals surface area contributed by atoms with Crippen molar-refractivity contribution in [3.8, 4) is 0 Å². The highest BCUT2D eigenvalue weighted by atomic mass is 35.5. The van der Waals surface area contributed by atoms with Crippen LogP contribution in [0.25, 0.3) is 0 Å². The largest absolute Gasteiger partial charge is 0.393 e. The first-order valence-corrected chi connectivity index (χ1v) is 15.5. The van der Waals surface area contributed by atoms with Crippen molar-refractivity contribution in [3.05, 3.63) is 38.9 Å². The van der Waals surface area contributed by atoms with E-state index in [0.717, 1.165) is 38.5 Å². The lowest BCUT2D eigenvalue weighted by atomic mass is 9.43. The van der Waals surface area contributed by atoms with E-state index in [9.17, 15) is 30.2 Å². The molecule has 41 heavy (non-hydrogen) atoms. The summed E-state index contributed by atoms with van der Waals surface area (Å²) in [6.07, 6.45) is 7.04. The lowest BCUT2D eigenvalue weighted by Gasteiger charge is -2.63. The van der Waals surface area contributed by atoms with Gasteiger partial charge in [0.1, 0.15) is 5.02 Å². The molecule has 0 saturated heterocycles. The summed E-state index contributed by atoms with van der Waals surface area (Å²) in [5, 5.41) is 48.6. The molecule has 226 valence electrons. The van der Waals surface area contributed by atoms with Crippen LogP contribution in [0.2, 0.25) is 5.02 Å². The van der Waals surface area contributed by atoms with E-state index in [1.54, 1.807) is 6.07 Å². The zero-order valence-corrected chi connectivity index (χ0v) is 25.0. The number of rotatable bonds is 7. The molecule has 4 N–H and O–H groups in total. The molecule has 0 heterocycles. The van der Waals surface area contributed by atoms with Gasteiger partial charge in [-0.3, -0.25) is 14.9 Å². The van der Waals surface area contributed by atoms with Gasteiger partial charge in [0.05, 0.1) is 29.4 Å². The quantitative estimate of drug-likeness (QED) is 0.198. The average molecular weight is 590 g/mol. The lowest BCUT2D eigenvalue weighted by molar-refractivity contribution is -0.384. The fourth-order valence-electron chi connectivity index (χ4n) is 9.68. The molecule has 1 aromatic carbocycles. The van der Waals surface area contributed by atoms with Crippen LogP contribution in [0.1, 0.15) is 84.1 Å². The van der Waals surface area contributed by atoms with Gasteiger partial charge in [0, 0.05) is 18.1 Å². The van der Waals surface area contributed by atoms with Gasteiger partial charge in [0.2, 0.25) is 5.91 Å². The van der Waals surface area contributed by atoms with Gasteiger partial charge in [0.25, 0.3) is 5.69 Å². The molecule has 1 aromatic rings. The van der Waals surface area contributed by atoms with E-state index in [-0.39, 0.29) is 69.6 Å². The fourth-order valence-corrected chi connectivity index (χ4v) is 9.86. The number of halogens is 1. The number of hydrogen-bond donors (Lipinski definition) is 4. The first-order valence-electron chi connectivity index (χ1n) is 15.2. The first kappa shape index (κ1) is 30.4. The molecular weight excluding hydrogens is 546 g/mol. The molecule has 0 unspecified atom stereocenters. The van der Waals surface area contributed by atoms with Crippen molar-refractivity contribution in [2.45, 2.75) is 96.9 Å². The third kappa shape index (κ3) is 5.43. The molecule has 4 fully saturated rings. The van der Waals surface area contributed by atoms with Crippen LogP contribution in [0.3, 0.4) is 0 Å². The smallest absolute Gasteiger partial charge is 0.288 e. The van der Waals surface area contributed by atoms with Crippen molar-refractivity contribution in [1.29, 1.82) is 0 Å². The van der Waals surface area contributed by atoms with Gasteiger partial charge in [-0.15, -0.1) is 0 Å². The van der Waals surface area contributed by atoms with Crippen molar-refractivity contribution in [2.24, 2.45) is 51.4 Å². The maximum Gasteiger partial charge on any atom is 0.288 e. The molecule has 0 spiro atoms. The number of hydrazone groups is 1. The minimum Gasteiger partial charge on any atom is -0.393 e. The monoisotopic (exact) mass is 589 g/mol. The second kappa shape index (κ2) is 11.5. The van der Waals surface area contributed by atoms with E-state index in [4.69, 9.17) is 11.6 Å². The molecule has 0 bridgehead atoms. The Kier molecular flexibility index (Phi) is 8.56. The molecule has 9 nitrogen and oxygen atoms in total. The van der Waals surface area contributed by atoms with Gasteiger partial charge in [-0.1, -0.05) is 38.4 Å². The van der Waals surface area contributed by atoms with Gasteiger partial charge in [0.15, 0.2) is 0 Å². The van der Waals surface area contributed by atoms with Crippen LogP contribution in [0.15, 0.2) is 23.3 Å². The van der Waals surface area contributed by atoms with Gasteiger partial charge >= 0.3 is 0 Å². The second-order valence-electron chi connectivity index (χ2n) is 13.8. The molecule has 10 heteroatoms. The van der Waals surface area contributed by atoms with E-state index in [1.807, 2.05) is 0 Å². The molecule has 1 amide bonds. The summed E-state index contributed by atoms with van der Waals surface area (Å²) >= 11 is 5.85. The van der Waals surface area contributed by atoms with Crippen molar-refractivity contribution in [2.75, 3.05) is 0 Å². The highest BCUT2D eigenvalue weighted by molar-refractivity contribution is 6.32. The van der Waals surface area contributed by atoms with Crippen molar-refractivity contribution < 1.29 is 25.0 Å². The summed E-state index contributed by atoms with van der Waals surface area (Å²) in [6.45, 7) is 6.72. The predicted octanol–water partition coefficient (Wildman–Crippen LogP) is 5.08. The number of aliphatic hydroxyl groups excluding tert-OH is 3. The number of hydrogen-bond acceptors (Lipinski definition) is 7. The summed E-state index contributed by atoms with van der Waals surface area (Å²) in [4.78, 5) is 23.1. The van der Waals surface area contributed by atoms with Crippen molar-refractivity contribution in [3.63, 3.8) is 0 Å². The number of amides is 1. The molecule has 0 aromatic heterocycles. The molecule has 0 aliphatic heterocycles. The van der Waals surface area contributed by atoms with E-state index in [0.29, 0.717) is 24.3 Å². The molecule has 11 atom stereocenters. The zero-order valence-electron chi connectivity index (χ0n) is 24.2. The minimum atomic E-state index is -0.565. The number of aliphatic hydroxyl groups is 3. The highest BCUT2D eigenvalue weighted by Gasteiger charge is 2.65. The van der Waals surface area contributed by atoms with E-state index >= 15 is 0 Å². The van der Waals surface area contributed by atoms with Crippen molar-refractivity contribution in [1.82, 2.24) is 5.43 Å². The Labute approximate surface area is 246 Å². The topological polar surface area (TPSA) is 145 Å². The number of carbonyl (C=O) groups is 1. The summed E-state index contributed by atoms with van der Waals surface area (Å²) in [5.74, 6) is 1.19. The summed E-state index contributed by atoms with van der Waals surface area (Å²) < 4.78 is 0. The maximum atomic E-state index is 12.6. The number of nitrogens with one attached hydrogen (secondary N) is 1. The van der Waals surface area contributed by atoms with Crippen LogP contribution in [-0.2, 0) is 4.79 Å². The SMILES string of the molecule is C[C@H](CCC(=O)N/N=C/c1ccc(Cl)c([N+](=O)[O-])c1)[C@H]1CC[C@H]2[C@@H]3[C@H](O)C[C@@H]4C[C@H](O)CC[C@]4(C)[C@H]3C[C@H](O)[C@]12C. The minimum absolute atomic E-state index is 0.0387. The average Bonchev–Trinajstić information content (AvgIpc) is 3.28. The fraction of sp³-hybridized carbons (Fsp3) is 0.742. The van der Waals surface area contributed by atoms with Crippen LogP contribution in [-0.4, -0.2) is 50.7 Å². The number of nitrogens with zero attached hydrogens (tertiary/aromatic N) is 2. The molecular formula is C31H44ClN3O6. The number of nitro benzene ring substituents is 1.